The first kappa shape index (κ1) is 14.7. The lowest BCUT2D eigenvalue weighted by Gasteiger charge is -2.12. The number of methoxy groups -OCH3 is 1. The molecule has 1 rings (SSSR count). The van der Waals surface area contributed by atoms with Crippen molar-refractivity contribution < 1.29 is 23.0 Å². The van der Waals surface area contributed by atoms with Crippen LogP contribution in [-0.2, 0) is 4.79 Å². The van der Waals surface area contributed by atoms with Crippen molar-refractivity contribution in [2.45, 2.75) is 13.0 Å². The van der Waals surface area contributed by atoms with E-state index in [1.165, 1.54) is 19.2 Å². The Morgan fingerprint density at radius 1 is 1.44 bits per heavy atom. The van der Waals surface area contributed by atoms with Crippen LogP contribution in [0.25, 0.3) is 0 Å². The van der Waals surface area contributed by atoms with E-state index in [-0.39, 0.29) is 23.8 Å². The third-order valence-electron chi connectivity index (χ3n) is 1.98. The Kier molecular flexibility index (Phi) is 5.84. The number of benzene rings is 1. The fraction of sp³-hybridized carbons (Fsp3) is 0.364. The van der Waals surface area contributed by atoms with Gasteiger partial charge in [0, 0.05) is 23.5 Å². The highest BCUT2D eigenvalue weighted by atomic mass is 79.9. The molecular weight excluding hydrogens is 312 g/mol. The Morgan fingerprint density at radius 3 is 2.72 bits per heavy atom. The summed E-state index contributed by atoms with van der Waals surface area (Å²) in [7, 11) is 1.34. The predicted octanol–water partition coefficient (Wildman–Crippen LogP) is 3.02. The molecular formula is C11H12BrF2NO3. The van der Waals surface area contributed by atoms with Crippen molar-refractivity contribution in [1.29, 1.82) is 0 Å². The van der Waals surface area contributed by atoms with E-state index in [2.05, 4.69) is 26.0 Å². The fourth-order valence-electron chi connectivity index (χ4n) is 1.25. The van der Waals surface area contributed by atoms with Gasteiger partial charge in [-0.15, -0.1) is 0 Å². The highest BCUT2D eigenvalue weighted by Gasteiger charge is 2.12. The largest absolute Gasteiger partial charge is 0.493 e. The van der Waals surface area contributed by atoms with E-state index in [0.717, 1.165) is 0 Å². The lowest BCUT2D eigenvalue weighted by Crippen LogP contribution is -2.12. The number of hydrogen-bond acceptors (Lipinski definition) is 3. The van der Waals surface area contributed by atoms with Gasteiger partial charge in [0.2, 0.25) is 5.91 Å². The quantitative estimate of drug-likeness (QED) is 0.818. The summed E-state index contributed by atoms with van der Waals surface area (Å²) in [5.74, 6) is -0.169. The minimum atomic E-state index is -2.95. The predicted molar refractivity (Wildman–Crippen MR) is 66.7 cm³/mol. The van der Waals surface area contributed by atoms with Crippen molar-refractivity contribution in [1.82, 2.24) is 0 Å². The number of carbonyl (C=O) groups excluding carboxylic acids is 1. The molecule has 0 atom stereocenters. The molecule has 0 fully saturated rings. The van der Waals surface area contributed by atoms with Gasteiger partial charge < -0.3 is 14.8 Å². The smallest absolute Gasteiger partial charge is 0.387 e. The number of carbonyl (C=O) groups is 1. The Morgan fingerprint density at radius 2 is 2.17 bits per heavy atom. The van der Waals surface area contributed by atoms with E-state index in [1.54, 1.807) is 6.07 Å². The summed E-state index contributed by atoms with van der Waals surface area (Å²) >= 11 is 3.13. The molecule has 0 aliphatic heterocycles. The second-order valence-electron chi connectivity index (χ2n) is 3.23. The van der Waals surface area contributed by atoms with Crippen molar-refractivity contribution in [3.05, 3.63) is 18.2 Å². The molecule has 0 heterocycles. The van der Waals surface area contributed by atoms with Gasteiger partial charge in [0.25, 0.3) is 0 Å². The molecule has 0 aromatic heterocycles. The molecule has 0 spiro atoms. The van der Waals surface area contributed by atoms with Gasteiger partial charge in [-0.2, -0.15) is 8.78 Å². The maximum atomic E-state index is 12.2. The van der Waals surface area contributed by atoms with Gasteiger partial charge in [0.1, 0.15) is 0 Å². The van der Waals surface area contributed by atoms with Gasteiger partial charge >= 0.3 is 6.61 Å². The van der Waals surface area contributed by atoms with E-state index in [0.29, 0.717) is 11.0 Å². The molecule has 1 N–H and O–H groups in total. The van der Waals surface area contributed by atoms with Gasteiger partial charge in [0.05, 0.1) is 7.11 Å². The van der Waals surface area contributed by atoms with E-state index < -0.39 is 6.61 Å². The van der Waals surface area contributed by atoms with Crippen LogP contribution in [0.3, 0.4) is 0 Å². The van der Waals surface area contributed by atoms with Crippen LogP contribution in [0.2, 0.25) is 0 Å². The summed E-state index contributed by atoms with van der Waals surface area (Å²) in [6, 6.07) is 4.28. The molecule has 1 amide bonds. The van der Waals surface area contributed by atoms with Gasteiger partial charge in [-0.3, -0.25) is 4.79 Å². The Hall–Kier alpha value is -1.37. The van der Waals surface area contributed by atoms with Crippen molar-refractivity contribution in [2.75, 3.05) is 17.8 Å². The first-order valence-electron chi connectivity index (χ1n) is 5.05. The number of anilines is 1. The Bertz CT molecular complexity index is 415. The Balaban J connectivity index is 2.85. The summed E-state index contributed by atoms with van der Waals surface area (Å²) in [4.78, 5) is 11.3. The molecule has 1 aromatic carbocycles. The number of alkyl halides is 3. The normalized spacial score (nSPS) is 10.3. The number of nitrogens with one attached hydrogen (secondary N) is 1. The standard InChI is InChI=1S/C11H12BrF2NO3/c1-17-8-3-2-7(15-10(16)4-5-12)6-9(8)18-11(13)14/h2-3,6,11H,4-5H2,1H3,(H,15,16). The summed E-state index contributed by atoms with van der Waals surface area (Å²) in [5, 5.41) is 3.08. The van der Waals surface area contributed by atoms with Crippen molar-refractivity contribution in [3.8, 4) is 11.5 Å². The molecule has 0 bridgehead atoms. The summed E-state index contributed by atoms with van der Waals surface area (Å²) in [5.41, 5.74) is 0.373. The van der Waals surface area contributed by atoms with E-state index in [9.17, 15) is 13.6 Å². The number of amides is 1. The lowest BCUT2D eigenvalue weighted by atomic mass is 10.2. The molecule has 7 heteroatoms. The second-order valence-corrected chi connectivity index (χ2v) is 4.02. The number of halogens is 3. The topological polar surface area (TPSA) is 47.6 Å². The third-order valence-corrected chi connectivity index (χ3v) is 2.38. The molecule has 18 heavy (non-hydrogen) atoms. The minimum Gasteiger partial charge on any atom is -0.493 e. The van der Waals surface area contributed by atoms with E-state index in [1.807, 2.05) is 0 Å². The monoisotopic (exact) mass is 323 g/mol. The highest BCUT2D eigenvalue weighted by Crippen LogP contribution is 2.31. The van der Waals surface area contributed by atoms with E-state index in [4.69, 9.17) is 4.74 Å². The summed E-state index contributed by atoms with van der Waals surface area (Å²) in [6.07, 6.45) is 0.289. The third kappa shape index (κ3) is 4.48. The number of hydrogen-bond donors (Lipinski definition) is 1. The molecule has 0 aliphatic carbocycles. The van der Waals surface area contributed by atoms with Gasteiger partial charge in [-0.1, -0.05) is 15.9 Å². The van der Waals surface area contributed by atoms with Crippen LogP contribution in [0.15, 0.2) is 18.2 Å². The van der Waals surface area contributed by atoms with Crippen LogP contribution < -0.4 is 14.8 Å². The molecule has 1 aromatic rings. The van der Waals surface area contributed by atoms with Crippen molar-refractivity contribution >= 4 is 27.5 Å². The molecule has 0 saturated heterocycles. The van der Waals surface area contributed by atoms with Crippen LogP contribution in [0, 0.1) is 0 Å². The highest BCUT2D eigenvalue weighted by molar-refractivity contribution is 9.09. The zero-order valence-corrected chi connectivity index (χ0v) is 11.2. The van der Waals surface area contributed by atoms with Crippen LogP contribution in [0.1, 0.15) is 6.42 Å². The summed E-state index contributed by atoms with van der Waals surface area (Å²) in [6.45, 7) is -2.95. The van der Waals surface area contributed by atoms with Crippen molar-refractivity contribution in [2.24, 2.45) is 0 Å². The van der Waals surface area contributed by atoms with Crippen LogP contribution in [-0.4, -0.2) is 25.0 Å². The van der Waals surface area contributed by atoms with Crippen molar-refractivity contribution in [3.63, 3.8) is 0 Å². The molecule has 0 unspecified atom stereocenters. The number of ether oxygens (including phenoxy) is 2. The first-order chi connectivity index (χ1) is 8.56. The SMILES string of the molecule is COc1ccc(NC(=O)CCBr)cc1OC(F)F. The first-order valence-corrected chi connectivity index (χ1v) is 6.17. The molecule has 0 radical (unpaired) electrons. The molecule has 4 nitrogen and oxygen atoms in total. The fourth-order valence-corrected chi connectivity index (χ4v) is 1.61. The molecule has 100 valence electrons. The number of rotatable bonds is 6. The molecule has 0 aliphatic rings. The van der Waals surface area contributed by atoms with Gasteiger partial charge in [0.15, 0.2) is 11.5 Å². The zero-order chi connectivity index (χ0) is 13.5. The summed E-state index contributed by atoms with van der Waals surface area (Å²) < 4.78 is 33.5. The van der Waals surface area contributed by atoms with Crippen LogP contribution >= 0.6 is 15.9 Å². The average molecular weight is 324 g/mol. The minimum absolute atomic E-state index is 0.121. The lowest BCUT2D eigenvalue weighted by molar-refractivity contribution is -0.115. The molecule has 0 saturated carbocycles. The van der Waals surface area contributed by atoms with Gasteiger partial charge in [-0.05, 0) is 12.1 Å². The van der Waals surface area contributed by atoms with Gasteiger partial charge in [-0.25, -0.2) is 0 Å². The maximum Gasteiger partial charge on any atom is 0.387 e. The maximum absolute atomic E-state index is 12.2. The zero-order valence-electron chi connectivity index (χ0n) is 9.58. The Labute approximate surface area is 111 Å². The van der Waals surface area contributed by atoms with E-state index >= 15 is 0 Å². The second kappa shape index (κ2) is 7.15. The van der Waals surface area contributed by atoms with Crippen LogP contribution in [0.4, 0.5) is 14.5 Å². The van der Waals surface area contributed by atoms with Crippen LogP contribution in [0.5, 0.6) is 11.5 Å². The average Bonchev–Trinajstić information content (AvgIpc) is 2.28.